The Hall–Kier alpha value is -3.32. The molecule has 2 aromatic carbocycles. The number of alkyl halides is 3. The first-order valence-electron chi connectivity index (χ1n) is 8.95. The Morgan fingerprint density at radius 3 is 2.16 bits per heavy atom. The van der Waals surface area contributed by atoms with Gasteiger partial charge in [0.2, 0.25) is 15.9 Å². The van der Waals surface area contributed by atoms with Crippen molar-refractivity contribution in [2.45, 2.75) is 17.5 Å². The lowest BCUT2D eigenvalue weighted by Gasteiger charge is -2.11. The van der Waals surface area contributed by atoms with Gasteiger partial charge in [0.15, 0.2) is 0 Å². The molecule has 2 rings (SSSR count). The van der Waals surface area contributed by atoms with Crippen LogP contribution in [0.2, 0.25) is 0 Å². The van der Waals surface area contributed by atoms with Crippen molar-refractivity contribution in [2.75, 3.05) is 20.8 Å². The van der Waals surface area contributed by atoms with Gasteiger partial charge in [-0.05, 0) is 30.3 Å². The molecule has 0 aliphatic carbocycles. The van der Waals surface area contributed by atoms with Gasteiger partial charge in [-0.25, -0.2) is 13.1 Å². The van der Waals surface area contributed by atoms with E-state index in [1.54, 1.807) is 6.07 Å². The summed E-state index contributed by atoms with van der Waals surface area (Å²) in [4.78, 5) is 23.5. The molecule has 0 heterocycles. The zero-order chi connectivity index (χ0) is 23.9. The largest absolute Gasteiger partial charge is 0.497 e. The minimum Gasteiger partial charge on any atom is -0.497 e. The molecular formula is C19H20F3N3O6S. The van der Waals surface area contributed by atoms with Crippen LogP contribution in [0.5, 0.6) is 11.5 Å². The second kappa shape index (κ2) is 10.3. The summed E-state index contributed by atoms with van der Waals surface area (Å²) in [5, 5.41) is 0. The molecule has 0 saturated carbocycles. The second-order valence-electron chi connectivity index (χ2n) is 6.28. The maximum atomic E-state index is 12.8. The van der Waals surface area contributed by atoms with E-state index >= 15 is 0 Å². The monoisotopic (exact) mass is 475 g/mol. The van der Waals surface area contributed by atoms with Gasteiger partial charge in [-0.1, -0.05) is 6.07 Å². The third-order valence-electron chi connectivity index (χ3n) is 4.04. The zero-order valence-corrected chi connectivity index (χ0v) is 17.8. The Balaban J connectivity index is 1.89. The van der Waals surface area contributed by atoms with Crippen LogP contribution in [0.3, 0.4) is 0 Å². The normalized spacial score (nSPS) is 11.5. The molecule has 0 fully saturated rings. The van der Waals surface area contributed by atoms with Crippen LogP contribution in [0.1, 0.15) is 22.3 Å². The standard InChI is InChI=1S/C19H20F3N3O6S/c1-30-14-8-12(9-15(11-14)31-2)18(27)25-24-17(26)6-7-23-32(28,29)16-5-3-4-13(10-16)19(20,21)22/h3-5,8-11,23H,6-7H2,1-2H3,(H,24,26)(H,25,27). The predicted octanol–water partition coefficient (Wildman–Crippen LogP) is 1.85. The van der Waals surface area contributed by atoms with Gasteiger partial charge < -0.3 is 9.47 Å². The van der Waals surface area contributed by atoms with Gasteiger partial charge >= 0.3 is 6.18 Å². The van der Waals surface area contributed by atoms with E-state index in [0.717, 1.165) is 18.2 Å². The summed E-state index contributed by atoms with van der Waals surface area (Å²) in [6.45, 7) is -0.409. The Bertz CT molecular complexity index is 1070. The number of hydrogen-bond acceptors (Lipinski definition) is 6. The highest BCUT2D eigenvalue weighted by molar-refractivity contribution is 7.89. The molecule has 0 spiro atoms. The number of sulfonamides is 1. The molecule has 0 aromatic heterocycles. The number of methoxy groups -OCH3 is 2. The summed E-state index contributed by atoms with van der Waals surface area (Å²) in [6.07, 6.45) is -5.09. The number of carbonyl (C=O) groups excluding carboxylic acids is 2. The van der Waals surface area contributed by atoms with Gasteiger partial charge in [-0.15, -0.1) is 0 Å². The fourth-order valence-electron chi connectivity index (χ4n) is 2.42. The van der Waals surface area contributed by atoms with Crippen molar-refractivity contribution >= 4 is 21.8 Å². The Kier molecular flexibility index (Phi) is 8.05. The smallest absolute Gasteiger partial charge is 0.416 e. The number of halogens is 3. The van der Waals surface area contributed by atoms with Gasteiger partial charge in [0, 0.05) is 24.6 Å². The number of nitrogens with one attached hydrogen (secondary N) is 3. The van der Waals surface area contributed by atoms with Gasteiger partial charge in [0.25, 0.3) is 5.91 Å². The number of hydrazine groups is 1. The molecule has 0 aliphatic heterocycles. The van der Waals surface area contributed by atoms with Crippen LogP contribution in [-0.4, -0.2) is 41.0 Å². The molecule has 13 heteroatoms. The average molecular weight is 475 g/mol. The van der Waals surface area contributed by atoms with Crippen LogP contribution >= 0.6 is 0 Å². The summed E-state index contributed by atoms with van der Waals surface area (Å²) < 4.78 is 74.7. The van der Waals surface area contributed by atoms with Crippen LogP contribution < -0.4 is 25.0 Å². The van der Waals surface area contributed by atoms with Crippen LogP contribution in [0.4, 0.5) is 13.2 Å². The minimum absolute atomic E-state index is 0.131. The van der Waals surface area contributed by atoms with Crippen LogP contribution in [0.15, 0.2) is 47.4 Å². The summed E-state index contributed by atoms with van der Waals surface area (Å²) in [5.41, 5.74) is 3.28. The molecule has 32 heavy (non-hydrogen) atoms. The Labute approximate surface area is 181 Å². The summed E-state index contributed by atoms with van der Waals surface area (Å²) >= 11 is 0. The molecule has 0 aliphatic rings. The minimum atomic E-state index is -4.70. The number of rotatable bonds is 8. The number of amides is 2. The van der Waals surface area contributed by atoms with Crippen LogP contribution in [0.25, 0.3) is 0 Å². The number of hydrogen-bond donors (Lipinski definition) is 3. The molecule has 0 radical (unpaired) electrons. The van der Waals surface area contributed by atoms with E-state index in [4.69, 9.17) is 9.47 Å². The second-order valence-corrected chi connectivity index (χ2v) is 8.04. The quantitative estimate of drug-likeness (QED) is 0.501. The number of ether oxygens (including phenoxy) is 2. The van der Waals surface area contributed by atoms with E-state index in [-0.39, 0.29) is 12.0 Å². The molecule has 0 saturated heterocycles. The highest BCUT2D eigenvalue weighted by atomic mass is 32.2. The molecule has 0 bridgehead atoms. The van der Waals surface area contributed by atoms with E-state index in [0.29, 0.717) is 17.6 Å². The molecule has 174 valence electrons. The van der Waals surface area contributed by atoms with E-state index < -0.39 is 45.0 Å². The van der Waals surface area contributed by atoms with Gasteiger partial charge in [-0.2, -0.15) is 13.2 Å². The summed E-state index contributed by atoms with van der Waals surface area (Å²) in [5.74, 6) is -0.713. The highest BCUT2D eigenvalue weighted by Crippen LogP contribution is 2.30. The first kappa shape index (κ1) is 24.9. The molecule has 2 aromatic rings. The van der Waals surface area contributed by atoms with E-state index in [2.05, 4.69) is 10.9 Å². The van der Waals surface area contributed by atoms with E-state index in [1.165, 1.54) is 26.4 Å². The predicted molar refractivity (Wildman–Crippen MR) is 106 cm³/mol. The lowest BCUT2D eigenvalue weighted by Crippen LogP contribution is -2.42. The molecule has 0 unspecified atom stereocenters. The lowest BCUT2D eigenvalue weighted by atomic mass is 10.2. The van der Waals surface area contributed by atoms with Crippen molar-refractivity contribution in [3.05, 3.63) is 53.6 Å². The van der Waals surface area contributed by atoms with Crippen molar-refractivity contribution in [3.8, 4) is 11.5 Å². The summed E-state index contributed by atoms with van der Waals surface area (Å²) in [7, 11) is -1.47. The van der Waals surface area contributed by atoms with Gasteiger partial charge in [0.05, 0.1) is 24.7 Å². The third kappa shape index (κ3) is 6.85. The molecular weight excluding hydrogens is 455 g/mol. The number of benzene rings is 2. The van der Waals surface area contributed by atoms with Crippen LogP contribution in [0, 0.1) is 0 Å². The van der Waals surface area contributed by atoms with Crippen molar-refractivity contribution in [1.82, 2.24) is 15.6 Å². The first-order valence-corrected chi connectivity index (χ1v) is 10.4. The van der Waals surface area contributed by atoms with Crippen molar-refractivity contribution in [2.24, 2.45) is 0 Å². The SMILES string of the molecule is COc1cc(OC)cc(C(=O)NNC(=O)CCNS(=O)(=O)c2cccc(C(F)(F)F)c2)c1. The molecule has 2 amide bonds. The third-order valence-corrected chi connectivity index (χ3v) is 5.50. The van der Waals surface area contributed by atoms with E-state index in [1.807, 2.05) is 4.72 Å². The van der Waals surface area contributed by atoms with Gasteiger partial charge in [-0.3, -0.25) is 20.4 Å². The maximum absolute atomic E-state index is 12.8. The zero-order valence-electron chi connectivity index (χ0n) is 16.9. The first-order chi connectivity index (χ1) is 15.0. The fourth-order valence-corrected chi connectivity index (χ4v) is 3.50. The van der Waals surface area contributed by atoms with Crippen molar-refractivity contribution in [1.29, 1.82) is 0 Å². The van der Waals surface area contributed by atoms with Crippen molar-refractivity contribution in [3.63, 3.8) is 0 Å². The van der Waals surface area contributed by atoms with Crippen molar-refractivity contribution < 1.29 is 40.7 Å². The topological polar surface area (TPSA) is 123 Å². The lowest BCUT2D eigenvalue weighted by molar-refractivity contribution is -0.137. The fraction of sp³-hybridized carbons (Fsp3) is 0.263. The average Bonchev–Trinajstić information content (AvgIpc) is 2.76. The number of carbonyl (C=O) groups is 2. The Morgan fingerprint density at radius 2 is 1.59 bits per heavy atom. The maximum Gasteiger partial charge on any atom is 0.416 e. The highest BCUT2D eigenvalue weighted by Gasteiger charge is 2.31. The molecule has 3 N–H and O–H groups in total. The van der Waals surface area contributed by atoms with E-state index in [9.17, 15) is 31.2 Å². The van der Waals surface area contributed by atoms with Crippen LogP contribution in [-0.2, 0) is 21.0 Å². The molecule has 0 atom stereocenters. The summed E-state index contributed by atoms with van der Waals surface area (Å²) in [6, 6.07) is 7.57. The molecule has 9 nitrogen and oxygen atoms in total. The van der Waals surface area contributed by atoms with Gasteiger partial charge in [0.1, 0.15) is 11.5 Å². The Morgan fingerprint density at radius 1 is 0.969 bits per heavy atom.